The average Bonchev–Trinajstić information content (AvgIpc) is 3.57. The van der Waals surface area contributed by atoms with Crippen LogP contribution in [0.4, 0.5) is 4.79 Å². The highest BCUT2D eigenvalue weighted by molar-refractivity contribution is 5.80. The quantitative estimate of drug-likeness (QED) is 0.596. The molecule has 1 atom stereocenters. The summed E-state index contributed by atoms with van der Waals surface area (Å²) in [6, 6.07) is 17.1. The van der Waals surface area contributed by atoms with Crippen molar-refractivity contribution < 1.29 is 19.0 Å². The molecule has 1 aromatic heterocycles. The number of ether oxygens (including phenoxy) is 3. The van der Waals surface area contributed by atoms with Gasteiger partial charge in [0.15, 0.2) is 0 Å². The maximum Gasteiger partial charge on any atom is 0.407 e. The molecule has 1 saturated carbocycles. The van der Waals surface area contributed by atoms with E-state index >= 15 is 0 Å². The second-order valence-corrected chi connectivity index (χ2v) is 7.29. The molecule has 150 valence electrons. The van der Waals surface area contributed by atoms with Crippen molar-refractivity contribution in [2.75, 3.05) is 13.7 Å². The number of nitrogens with one attached hydrogen (secondary N) is 1. The van der Waals surface area contributed by atoms with Gasteiger partial charge in [0.2, 0.25) is 5.88 Å². The number of hydrogen-bond donors (Lipinski definition) is 1. The van der Waals surface area contributed by atoms with E-state index in [2.05, 4.69) is 15.0 Å². The number of rotatable bonds is 7. The molecule has 1 aliphatic rings. The van der Waals surface area contributed by atoms with Crippen molar-refractivity contribution in [1.82, 2.24) is 10.3 Å². The van der Waals surface area contributed by atoms with Gasteiger partial charge in [-0.15, -0.1) is 0 Å². The van der Waals surface area contributed by atoms with Crippen LogP contribution in [0.3, 0.4) is 0 Å². The second-order valence-electron chi connectivity index (χ2n) is 7.29. The minimum absolute atomic E-state index is 0.163. The Morgan fingerprint density at radius 1 is 1.10 bits per heavy atom. The number of benzene rings is 2. The summed E-state index contributed by atoms with van der Waals surface area (Å²) in [5, 5.41) is 3.73. The maximum absolute atomic E-state index is 11.4. The van der Waals surface area contributed by atoms with Crippen LogP contribution in [-0.4, -0.2) is 24.8 Å². The Balaban J connectivity index is 1.43. The number of carbonyl (C=O) groups excluding carboxylic acids is 1. The van der Waals surface area contributed by atoms with E-state index in [4.69, 9.17) is 9.47 Å². The monoisotopic (exact) mass is 392 g/mol. The van der Waals surface area contributed by atoms with E-state index in [-0.39, 0.29) is 6.04 Å². The van der Waals surface area contributed by atoms with Crippen LogP contribution in [0, 0.1) is 5.92 Å². The standard InChI is InChI=1S/C23H24N2O4/c1-15(24-23(26)27-2)17-5-11-21-18(13-17)6-12-22(25-21)29-20-9-7-19(8-10-20)28-14-16-3-4-16/h5-13,15-16H,3-4,14H2,1-2H3,(H,24,26). The molecule has 1 aliphatic carbocycles. The molecule has 3 aromatic rings. The van der Waals surface area contributed by atoms with E-state index in [9.17, 15) is 4.79 Å². The lowest BCUT2D eigenvalue weighted by atomic mass is 10.1. The molecule has 1 fully saturated rings. The summed E-state index contributed by atoms with van der Waals surface area (Å²) in [6.07, 6.45) is 2.09. The van der Waals surface area contributed by atoms with Gasteiger partial charge < -0.3 is 19.5 Å². The summed E-state index contributed by atoms with van der Waals surface area (Å²) in [6.45, 7) is 2.70. The second kappa shape index (κ2) is 8.39. The molecule has 1 N–H and O–H groups in total. The van der Waals surface area contributed by atoms with E-state index < -0.39 is 6.09 Å². The van der Waals surface area contributed by atoms with Crippen LogP contribution in [0.2, 0.25) is 0 Å². The van der Waals surface area contributed by atoms with Gasteiger partial charge in [0.25, 0.3) is 0 Å². The number of pyridine rings is 1. The van der Waals surface area contributed by atoms with Crippen LogP contribution < -0.4 is 14.8 Å². The molecule has 0 aliphatic heterocycles. The zero-order valence-corrected chi connectivity index (χ0v) is 16.6. The molecule has 0 spiro atoms. The van der Waals surface area contributed by atoms with Crippen molar-refractivity contribution in [3.8, 4) is 17.4 Å². The van der Waals surface area contributed by atoms with E-state index in [0.29, 0.717) is 11.6 Å². The van der Waals surface area contributed by atoms with Crippen LogP contribution in [0.1, 0.15) is 31.4 Å². The molecule has 0 saturated heterocycles. The minimum atomic E-state index is -0.455. The summed E-state index contributed by atoms with van der Waals surface area (Å²) in [7, 11) is 1.35. The maximum atomic E-state index is 11.4. The van der Waals surface area contributed by atoms with Gasteiger partial charge in [-0.05, 0) is 73.7 Å². The Morgan fingerprint density at radius 3 is 2.59 bits per heavy atom. The number of carbonyl (C=O) groups is 1. The Kier molecular flexibility index (Phi) is 5.51. The van der Waals surface area contributed by atoms with Gasteiger partial charge in [0, 0.05) is 11.5 Å². The number of fused-ring (bicyclic) bond motifs is 1. The lowest BCUT2D eigenvalue weighted by Crippen LogP contribution is -2.26. The summed E-state index contributed by atoms with van der Waals surface area (Å²) >= 11 is 0. The molecule has 0 radical (unpaired) electrons. The average molecular weight is 392 g/mol. The van der Waals surface area contributed by atoms with Crippen molar-refractivity contribution in [3.63, 3.8) is 0 Å². The minimum Gasteiger partial charge on any atom is -0.493 e. The molecule has 4 rings (SSSR count). The topological polar surface area (TPSA) is 69.7 Å². The summed E-state index contributed by atoms with van der Waals surface area (Å²) in [5.74, 6) is 2.83. The first kappa shape index (κ1) is 19.1. The highest BCUT2D eigenvalue weighted by Crippen LogP contribution is 2.30. The van der Waals surface area contributed by atoms with E-state index in [1.54, 1.807) is 0 Å². The van der Waals surface area contributed by atoms with Gasteiger partial charge in [-0.25, -0.2) is 9.78 Å². The van der Waals surface area contributed by atoms with Crippen molar-refractivity contribution in [2.45, 2.75) is 25.8 Å². The predicted molar refractivity (Wildman–Crippen MR) is 110 cm³/mol. The van der Waals surface area contributed by atoms with Gasteiger partial charge in [0.05, 0.1) is 25.3 Å². The van der Waals surface area contributed by atoms with Crippen molar-refractivity contribution >= 4 is 17.0 Å². The Hall–Kier alpha value is -3.28. The first-order chi connectivity index (χ1) is 14.1. The molecule has 29 heavy (non-hydrogen) atoms. The molecule has 6 heteroatoms. The van der Waals surface area contributed by atoms with Crippen molar-refractivity contribution in [1.29, 1.82) is 0 Å². The zero-order chi connectivity index (χ0) is 20.2. The molecule has 6 nitrogen and oxygen atoms in total. The number of aromatic nitrogens is 1. The van der Waals surface area contributed by atoms with Crippen LogP contribution >= 0.6 is 0 Å². The van der Waals surface area contributed by atoms with E-state index in [1.807, 2.05) is 61.5 Å². The molecule has 1 amide bonds. The number of methoxy groups -OCH3 is 1. The number of alkyl carbamates (subject to hydrolysis) is 1. The van der Waals surface area contributed by atoms with Gasteiger partial charge in [-0.3, -0.25) is 0 Å². The zero-order valence-electron chi connectivity index (χ0n) is 16.6. The van der Waals surface area contributed by atoms with Crippen LogP contribution in [-0.2, 0) is 4.74 Å². The third kappa shape index (κ3) is 4.96. The number of amides is 1. The molecule has 0 bridgehead atoms. The van der Waals surface area contributed by atoms with Gasteiger partial charge in [-0.2, -0.15) is 0 Å². The fraction of sp³-hybridized carbons (Fsp3) is 0.304. The number of hydrogen-bond acceptors (Lipinski definition) is 5. The van der Waals surface area contributed by atoms with Crippen LogP contribution in [0.5, 0.6) is 17.4 Å². The first-order valence-corrected chi connectivity index (χ1v) is 9.76. The summed E-state index contributed by atoms with van der Waals surface area (Å²) < 4.78 is 16.3. The SMILES string of the molecule is COC(=O)NC(C)c1ccc2nc(Oc3ccc(OCC4CC4)cc3)ccc2c1. The molecular weight excluding hydrogens is 368 g/mol. The Labute approximate surface area is 169 Å². The highest BCUT2D eigenvalue weighted by Gasteiger charge is 2.21. The molecule has 2 aromatic carbocycles. The first-order valence-electron chi connectivity index (χ1n) is 9.76. The van der Waals surface area contributed by atoms with Gasteiger partial charge >= 0.3 is 6.09 Å². The fourth-order valence-corrected chi connectivity index (χ4v) is 2.99. The van der Waals surface area contributed by atoms with E-state index in [0.717, 1.165) is 34.7 Å². The summed E-state index contributed by atoms with van der Waals surface area (Å²) in [5.41, 5.74) is 1.79. The van der Waals surface area contributed by atoms with Crippen LogP contribution in [0.25, 0.3) is 10.9 Å². The third-order valence-electron chi connectivity index (χ3n) is 4.94. The normalized spacial score (nSPS) is 14.3. The molecule has 1 unspecified atom stereocenters. The van der Waals surface area contributed by atoms with Crippen LogP contribution in [0.15, 0.2) is 54.6 Å². The smallest absolute Gasteiger partial charge is 0.407 e. The van der Waals surface area contributed by atoms with Crippen molar-refractivity contribution in [3.05, 3.63) is 60.2 Å². The molecular formula is C23H24N2O4. The third-order valence-corrected chi connectivity index (χ3v) is 4.94. The van der Waals surface area contributed by atoms with Gasteiger partial charge in [0.1, 0.15) is 11.5 Å². The fourth-order valence-electron chi connectivity index (χ4n) is 2.99. The Morgan fingerprint density at radius 2 is 1.86 bits per heavy atom. The molecule has 1 heterocycles. The lowest BCUT2D eigenvalue weighted by Gasteiger charge is -2.14. The number of nitrogens with zero attached hydrogens (tertiary/aromatic N) is 1. The highest BCUT2D eigenvalue weighted by atomic mass is 16.5. The lowest BCUT2D eigenvalue weighted by molar-refractivity contribution is 0.167. The summed E-state index contributed by atoms with van der Waals surface area (Å²) in [4.78, 5) is 16.0. The Bertz CT molecular complexity index is 999. The predicted octanol–water partition coefficient (Wildman–Crippen LogP) is 5.23. The van der Waals surface area contributed by atoms with Gasteiger partial charge in [-0.1, -0.05) is 6.07 Å². The van der Waals surface area contributed by atoms with E-state index in [1.165, 1.54) is 20.0 Å². The van der Waals surface area contributed by atoms with Crippen molar-refractivity contribution in [2.24, 2.45) is 5.92 Å². The largest absolute Gasteiger partial charge is 0.493 e.